The zero-order valence-electron chi connectivity index (χ0n) is 17.4. The van der Waals surface area contributed by atoms with E-state index in [2.05, 4.69) is 0 Å². The summed E-state index contributed by atoms with van der Waals surface area (Å²) in [7, 11) is 0. The summed E-state index contributed by atoms with van der Waals surface area (Å²) < 4.78 is 18.6. The van der Waals surface area contributed by atoms with Crippen LogP contribution in [0.4, 0.5) is 4.39 Å². The molecule has 0 aliphatic heterocycles. The van der Waals surface area contributed by atoms with Crippen LogP contribution in [0.25, 0.3) is 0 Å². The summed E-state index contributed by atoms with van der Waals surface area (Å²) in [5, 5.41) is 0. The molecule has 0 N–H and O–H groups in total. The van der Waals surface area contributed by atoms with Gasteiger partial charge in [-0.1, -0.05) is 12.1 Å². The van der Waals surface area contributed by atoms with Crippen molar-refractivity contribution in [3.63, 3.8) is 0 Å². The second kappa shape index (κ2) is 9.47. The highest BCUT2D eigenvalue weighted by molar-refractivity contribution is 7.11. The number of furan rings is 1. The molecule has 1 fully saturated rings. The number of halogens is 1. The average molecular weight is 441 g/mol. The van der Waals surface area contributed by atoms with Gasteiger partial charge in [0.25, 0.3) is 5.91 Å². The lowest BCUT2D eigenvalue weighted by Gasteiger charge is -2.27. The van der Waals surface area contributed by atoms with Crippen LogP contribution in [0.1, 0.15) is 38.7 Å². The van der Waals surface area contributed by atoms with Gasteiger partial charge in [0.2, 0.25) is 5.91 Å². The lowest BCUT2D eigenvalue weighted by atomic mass is 10.2. The molecule has 1 saturated carbocycles. The van der Waals surface area contributed by atoms with E-state index >= 15 is 0 Å². The Morgan fingerprint density at radius 1 is 1.06 bits per heavy atom. The van der Waals surface area contributed by atoms with Crippen molar-refractivity contribution >= 4 is 23.2 Å². The first-order valence-electron chi connectivity index (χ1n) is 10.4. The van der Waals surface area contributed by atoms with Crippen LogP contribution in [0.2, 0.25) is 0 Å². The smallest absolute Gasteiger partial charge is 0.290 e. The minimum Gasteiger partial charge on any atom is -0.459 e. The Kier molecular flexibility index (Phi) is 6.51. The Balaban J connectivity index is 1.52. The Bertz CT molecular complexity index is 1030. The van der Waals surface area contributed by atoms with Crippen LogP contribution >= 0.6 is 11.3 Å². The summed E-state index contributed by atoms with van der Waals surface area (Å²) in [6.45, 7) is 3.36. The molecular weight excluding hydrogens is 415 g/mol. The van der Waals surface area contributed by atoms with E-state index in [1.54, 1.807) is 45.4 Å². The Hall–Kier alpha value is -2.93. The van der Waals surface area contributed by atoms with Crippen molar-refractivity contribution in [3.05, 3.63) is 81.7 Å². The van der Waals surface area contributed by atoms with Crippen LogP contribution in [0.3, 0.4) is 0 Å². The summed E-state index contributed by atoms with van der Waals surface area (Å²) >= 11 is 1.64. The molecule has 31 heavy (non-hydrogen) atoms. The molecule has 5 nitrogen and oxygen atoms in total. The lowest BCUT2D eigenvalue weighted by molar-refractivity contribution is -0.133. The molecule has 0 spiro atoms. The zero-order valence-corrected chi connectivity index (χ0v) is 18.2. The maximum atomic E-state index is 13.3. The molecular formula is C24H25FN2O3S. The van der Waals surface area contributed by atoms with E-state index in [-0.39, 0.29) is 29.9 Å². The molecule has 0 saturated heterocycles. The molecule has 2 amide bonds. The number of benzene rings is 1. The van der Waals surface area contributed by atoms with E-state index in [0.29, 0.717) is 25.6 Å². The number of hydrogen-bond donors (Lipinski definition) is 0. The average Bonchev–Trinajstić information content (AvgIpc) is 3.22. The van der Waals surface area contributed by atoms with Gasteiger partial charge in [-0.25, -0.2) is 4.39 Å². The topological polar surface area (TPSA) is 53.8 Å². The van der Waals surface area contributed by atoms with Gasteiger partial charge in [-0.15, -0.1) is 11.3 Å². The molecule has 1 aliphatic rings. The predicted octanol–water partition coefficient (Wildman–Crippen LogP) is 4.87. The predicted molar refractivity (Wildman–Crippen MR) is 117 cm³/mol. The molecule has 4 rings (SSSR count). The summed E-state index contributed by atoms with van der Waals surface area (Å²) in [6.07, 6.45) is 3.61. The van der Waals surface area contributed by atoms with Crippen molar-refractivity contribution in [1.82, 2.24) is 9.80 Å². The first-order chi connectivity index (χ1) is 15.0. The normalized spacial score (nSPS) is 13.2. The standard InChI is InChI=1S/C24H25FN2O3S/c1-17-4-11-21(31-17)15-26(13-19-7-9-20(25)10-8-19)23(28)16-27(14-18-5-6-18)24(29)22-3-2-12-30-22/h2-4,7-12,18H,5-6,13-16H2,1H3. The first kappa shape index (κ1) is 21.3. The minimum atomic E-state index is -0.310. The van der Waals surface area contributed by atoms with E-state index < -0.39 is 0 Å². The monoisotopic (exact) mass is 440 g/mol. The molecule has 7 heteroatoms. The van der Waals surface area contributed by atoms with Crippen LogP contribution in [0.5, 0.6) is 0 Å². The minimum absolute atomic E-state index is 0.0123. The molecule has 2 heterocycles. The van der Waals surface area contributed by atoms with Gasteiger partial charge in [0, 0.05) is 22.8 Å². The maximum absolute atomic E-state index is 13.3. The molecule has 0 atom stereocenters. The Labute approximate surface area is 185 Å². The van der Waals surface area contributed by atoms with Gasteiger partial charge in [0.05, 0.1) is 12.8 Å². The van der Waals surface area contributed by atoms with Crippen molar-refractivity contribution in [1.29, 1.82) is 0 Å². The third kappa shape index (κ3) is 5.82. The number of amides is 2. The molecule has 0 radical (unpaired) electrons. The van der Waals surface area contributed by atoms with Gasteiger partial charge in [0.1, 0.15) is 12.4 Å². The molecule has 2 aromatic heterocycles. The van der Waals surface area contributed by atoms with Gasteiger partial charge in [0.15, 0.2) is 5.76 Å². The van der Waals surface area contributed by atoms with Crippen LogP contribution in [-0.4, -0.2) is 34.7 Å². The van der Waals surface area contributed by atoms with E-state index in [9.17, 15) is 14.0 Å². The number of aryl methyl sites for hydroxylation is 1. The van der Waals surface area contributed by atoms with E-state index in [1.807, 2.05) is 19.1 Å². The second-order valence-corrected chi connectivity index (χ2v) is 9.37. The second-order valence-electron chi connectivity index (χ2n) is 7.99. The number of hydrogen-bond acceptors (Lipinski definition) is 4. The number of carbonyl (C=O) groups excluding carboxylic acids is 2. The van der Waals surface area contributed by atoms with E-state index in [0.717, 1.165) is 23.3 Å². The van der Waals surface area contributed by atoms with E-state index in [4.69, 9.17) is 4.42 Å². The zero-order chi connectivity index (χ0) is 21.8. The van der Waals surface area contributed by atoms with Gasteiger partial charge in [-0.3, -0.25) is 9.59 Å². The summed E-state index contributed by atoms with van der Waals surface area (Å²) in [6, 6.07) is 13.5. The van der Waals surface area contributed by atoms with Crippen molar-refractivity contribution in [2.24, 2.45) is 5.92 Å². The summed E-state index contributed by atoms with van der Waals surface area (Å²) in [4.78, 5) is 31.8. The number of nitrogens with zero attached hydrogens (tertiary/aromatic N) is 2. The number of thiophene rings is 1. The van der Waals surface area contributed by atoms with Crippen LogP contribution in [-0.2, 0) is 17.9 Å². The van der Waals surface area contributed by atoms with Crippen molar-refractivity contribution < 1.29 is 18.4 Å². The fraction of sp³-hybridized carbons (Fsp3) is 0.333. The highest BCUT2D eigenvalue weighted by Gasteiger charge is 2.30. The van der Waals surface area contributed by atoms with Crippen LogP contribution in [0, 0.1) is 18.7 Å². The highest BCUT2D eigenvalue weighted by atomic mass is 32.1. The van der Waals surface area contributed by atoms with Gasteiger partial charge in [-0.2, -0.15) is 0 Å². The maximum Gasteiger partial charge on any atom is 0.290 e. The molecule has 3 aromatic rings. The third-order valence-corrected chi connectivity index (χ3v) is 6.29. The summed E-state index contributed by atoms with van der Waals surface area (Å²) in [5.41, 5.74) is 0.842. The fourth-order valence-corrected chi connectivity index (χ4v) is 4.36. The van der Waals surface area contributed by atoms with Crippen molar-refractivity contribution in [2.45, 2.75) is 32.9 Å². The van der Waals surface area contributed by atoms with Crippen LogP contribution < -0.4 is 0 Å². The van der Waals surface area contributed by atoms with Crippen molar-refractivity contribution in [2.75, 3.05) is 13.1 Å². The molecule has 0 bridgehead atoms. The van der Waals surface area contributed by atoms with Crippen molar-refractivity contribution in [3.8, 4) is 0 Å². The molecule has 162 valence electrons. The van der Waals surface area contributed by atoms with Gasteiger partial charge < -0.3 is 14.2 Å². The lowest BCUT2D eigenvalue weighted by Crippen LogP contribution is -2.43. The van der Waals surface area contributed by atoms with Gasteiger partial charge >= 0.3 is 0 Å². The Morgan fingerprint density at radius 3 is 2.45 bits per heavy atom. The Morgan fingerprint density at radius 2 is 1.84 bits per heavy atom. The number of carbonyl (C=O) groups is 2. The summed E-state index contributed by atoms with van der Waals surface area (Å²) in [5.74, 6) is -0.0327. The van der Waals surface area contributed by atoms with E-state index in [1.165, 1.54) is 23.3 Å². The van der Waals surface area contributed by atoms with Gasteiger partial charge in [-0.05, 0) is 67.6 Å². The highest BCUT2D eigenvalue weighted by Crippen LogP contribution is 2.30. The molecule has 1 aliphatic carbocycles. The first-order valence-corrected chi connectivity index (χ1v) is 11.2. The molecule has 0 unspecified atom stereocenters. The largest absolute Gasteiger partial charge is 0.459 e. The quantitative estimate of drug-likeness (QED) is 0.477. The fourth-order valence-electron chi connectivity index (χ4n) is 3.45. The molecule has 1 aromatic carbocycles. The SMILES string of the molecule is Cc1ccc(CN(Cc2ccc(F)cc2)C(=O)CN(CC2CC2)C(=O)c2ccco2)s1. The number of rotatable bonds is 9. The van der Waals surface area contributed by atoms with Crippen LogP contribution in [0.15, 0.2) is 59.2 Å². The third-order valence-electron chi connectivity index (χ3n) is 5.30.